The van der Waals surface area contributed by atoms with Crippen LogP contribution < -0.4 is 11.1 Å². The van der Waals surface area contributed by atoms with E-state index in [4.69, 9.17) is 5.73 Å². The van der Waals surface area contributed by atoms with E-state index in [1.165, 1.54) is 4.90 Å². The van der Waals surface area contributed by atoms with Crippen LogP contribution in [-0.2, 0) is 11.2 Å². The number of likely N-dealkylation sites (N-methyl/N-ethyl adjacent to an activating group) is 1. The van der Waals surface area contributed by atoms with E-state index in [1.54, 1.807) is 55.8 Å². The first-order valence-electron chi connectivity index (χ1n) is 9.58. The van der Waals surface area contributed by atoms with Gasteiger partial charge in [-0.3, -0.25) is 14.6 Å². The van der Waals surface area contributed by atoms with Crippen LogP contribution in [0.4, 0.5) is 14.5 Å². The number of halogens is 2. The molecule has 31 heavy (non-hydrogen) atoms. The van der Waals surface area contributed by atoms with Crippen molar-refractivity contribution in [1.29, 1.82) is 0 Å². The molecule has 1 heterocycles. The van der Waals surface area contributed by atoms with Crippen molar-refractivity contribution in [2.24, 2.45) is 5.73 Å². The number of amides is 2. The third kappa shape index (κ3) is 5.93. The highest BCUT2D eigenvalue weighted by atomic mass is 19.1. The number of nitrogens with zero attached hydrogens (tertiary/aromatic N) is 2. The first kappa shape index (κ1) is 22.0. The molecule has 0 saturated heterocycles. The van der Waals surface area contributed by atoms with Gasteiger partial charge in [-0.05, 0) is 48.0 Å². The lowest BCUT2D eigenvalue weighted by molar-refractivity contribution is -0.129. The zero-order valence-electron chi connectivity index (χ0n) is 16.9. The van der Waals surface area contributed by atoms with Gasteiger partial charge in [-0.25, -0.2) is 8.78 Å². The zero-order valence-corrected chi connectivity index (χ0v) is 16.9. The fourth-order valence-corrected chi connectivity index (χ4v) is 3.00. The summed E-state index contributed by atoms with van der Waals surface area (Å²) in [5.74, 6) is -1.88. The maximum Gasteiger partial charge on any atom is 0.255 e. The SMILES string of the molecule is CN(CC(N)c1ccc(C(=O)Nc2ccncc2)cc1)C(=O)Cc1cc(F)ccc1F. The quantitative estimate of drug-likeness (QED) is 0.609. The molecule has 1 unspecified atom stereocenters. The summed E-state index contributed by atoms with van der Waals surface area (Å²) in [6.07, 6.45) is 2.90. The van der Waals surface area contributed by atoms with E-state index in [1.807, 2.05) is 0 Å². The Balaban J connectivity index is 1.58. The Kier molecular flexibility index (Phi) is 7.04. The molecule has 8 heteroatoms. The van der Waals surface area contributed by atoms with Gasteiger partial charge in [-0.15, -0.1) is 0 Å². The van der Waals surface area contributed by atoms with E-state index in [2.05, 4.69) is 10.3 Å². The summed E-state index contributed by atoms with van der Waals surface area (Å²) in [5.41, 5.74) is 8.02. The first-order chi connectivity index (χ1) is 14.8. The molecule has 3 N–H and O–H groups in total. The highest BCUT2D eigenvalue weighted by Crippen LogP contribution is 2.16. The lowest BCUT2D eigenvalue weighted by Gasteiger charge is -2.22. The highest BCUT2D eigenvalue weighted by Gasteiger charge is 2.17. The topological polar surface area (TPSA) is 88.3 Å². The number of rotatable bonds is 7. The van der Waals surface area contributed by atoms with E-state index in [9.17, 15) is 18.4 Å². The Morgan fingerprint density at radius 1 is 1.06 bits per heavy atom. The van der Waals surface area contributed by atoms with Crippen LogP contribution in [0.25, 0.3) is 0 Å². The van der Waals surface area contributed by atoms with Crippen LogP contribution in [0.1, 0.15) is 27.5 Å². The summed E-state index contributed by atoms with van der Waals surface area (Å²) >= 11 is 0. The first-order valence-corrected chi connectivity index (χ1v) is 9.58. The van der Waals surface area contributed by atoms with Crippen molar-refractivity contribution >= 4 is 17.5 Å². The van der Waals surface area contributed by atoms with Crippen molar-refractivity contribution in [2.75, 3.05) is 18.9 Å². The third-order valence-electron chi connectivity index (χ3n) is 4.78. The van der Waals surface area contributed by atoms with Gasteiger partial charge in [0.05, 0.1) is 6.42 Å². The van der Waals surface area contributed by atoms with Crippen LogP contribution in [0.2, 0.25) is 0 Å². The predicted molar refractivity (Wildman–Crippen MR) is 113 cm³/mol. The molecule has 0 radical (unpaired) electrons. The molecule has 0 spiro atoms. The second-order valence-electron chi connectivity index (χ2n) is 7.11. The van der Waals surface area contributed by atoms with Gasteiger partial charge >= 0.3 is 0 Å². The summed E-state index contributed by atoms with van der Waals surface area (Å²) < 4.78 is 27.1. The summed E-state index contributed by atoms with van der Waals surface area (Å²) in [4.78, 5) is 30.0. The monoisotopic (exact) mass is 424 g/mol. The molecular formula is C23H22F2N4O2. The summed E-state index contributed by atoms with van der Waals surface area (Å²) in [6, 6.07) is 12.6. The van der Waals surface area contributed by atoms with Crippen molar-refractivity contribution in [3.8, 4) is 0 Å². The smallest absolute Gasteiger partial charge is 0.255 e. The van der Waals surface area contributed by atoms with Gasteiger partial charge in [0.1, 0.15) is 11.6 Å². The van der Waals surface area contributed by atoms with Gasteiger partial charge in [0.15, 0.2) is 0 Å². The third-order valence-corrected chi connectivity index (χ3v) is 4.78. The van der Waals surface area contributed by atoms with Gasteiger partial charge < -0.3 is 16.0 Å². The number of hydrogen-bond donors (Lipinski definition) is 2. The number of anilines is 1. The predicted octanol–water partition coefficient (Wildman–Crippen LogP) is 3.31. The van der Waals surface area contributed by atoms with Crippen molar-refractivity contribution in [2.45, 2.75) is 12.5 Å². The van der Waals surface area contributed by atoms with E-state index in [-0.39, 0.29) is 30.3 Å². The summed E-state index contributed by atoms with van der Waals surface area (Å²) in [5, 5.41) is 2.77. The van der Waals surface area contributed by atoms with E-state index in [0.717, 1.165) is 23.8 Å². The standard InChI is InChI=1S/C23H22F2N4O2/c1-29(22(30)13-17-12-18(24)6-7-20(17)25)14-21(26)15-2-4-16(5-3-15)23(31)28-19-8-10-27-11-9-19/h2-12,21H,13-14,26H2,1H3,(H,27,28,31). The fourth-order valence-electron chi connectivity index (χ4n) is 3.00. The van der Waals surface area contributed by atoms with Gasteiger partial charge in [0.25, 0.3) is 5.91 Å². The molecule has 0 aliphatic rings. The Labute approximate surface area is 178 Å². The second kappa shape index (κ2) is 9.90. The number of aromatic nitrogens is 1. The van der Waals surface area contributed by atoms with Crippen LogP contribution >= 0.6 is 0 Å². The van der Waals surface area contributed by atoms with Crippen molar-refractivity contribution in [3.05, 3.63) is 95.3 Å². The van der Waals surface area contributed by atoms with E-state index in [0.29, 0.717) is 11.3 Å². The lowest BCUT2D eigenvalue weighted by atomic mass is 10.0. The molecule has 2 aromatic carbocycles. The van der Waals surface area contributed by atoms with Crippen molar-refractivity contribution in [1.82, 2.24) is 9.88 Å². The molecule has 3 rings (SSSR count). The van der Waals surface area contributed by atoms with Crippen LogP contribution in [-0.4, -0.2) is 35.3 Å². The molecule has 0 bridgehead atoms. The van der Waals surface area contributed by atoms with Crippen LogP contribution in [0.15, 0.2) is 67.0 Å². The number of nitrogens with one attached hydrogen (secondary N) is 1. The number of carbonyl (C=O) groups is 2. The molecule has 1 aromatic heterocycles. The highest BCUT2D eigenvalue weighted by molar-refractivity contribution is 6.04. The maximum atomic E-state index is 13.8. The molecule has 6 nitrogen and oxygen atoms in total. The Morgan fingerprint density at radius 2 is 1.74 bits per heavy atom. The average Bonchev–Trinajstić information content (AvgIpc) is 2.77. The largest absolute Gasteiger partial charge is 0.344 e. The number of pyridine rings is 1. The average molecular weight is 424 g/mol. The molecule has 3 aromatic rings. The molecule has 160 valence electrons. The molecule has 2 amide bonds. The Bertz CT molecular complexity index is 1060. The van der Waals surface area contributed by atoms with Gasteiger partial charge in [-0.1, -0.05) is 12.1 Å². The number of nitrogens with two attached hydrogens (primary N) is 1. The lowest BCUT2D eigenvalue weighted by Crippen LogP contribution is -2.35. The van der Waals surface area contributed by atoms with Crippen molar-refractivity contribution < 1.29 is 18.4 Å². The molecule has 0 saturated carbocycles. The molecule has 0 fully saturated rings. The van der Waals surface area contributed by atoms with Crippen LogP contribution in [0.5, 0.6) is 0 Å². The minimum atomic E-state index is -0.631. The van der Waals surface area contributed by atoms with Gasteiger partial charge in [0, 0.05) is 48.8 Å². The number of hydrogen-bond acceptors (Lipinski definition) is 4. The molecule has 1 atom stereocenters. The van der Waals surface area contributed by atoms with Gasteiger partial charge in [0.2, 0.25) is 5.91 Å². The summed E-state index contributed by atoms with van der Waals surface area (Å²) in [6.45, 7) is 0.179. The van der Waals surface area contributed by atoms with Gasteiger partial charge in [-0.2, -0.15) is 0 Å². The zero-order chi connectivity index (χ0) is 22.4. The Hall–Kier alpha value is -3.65. The Morgan fingerprint density at radius 3 is 2.42 bits per heavy atom. The minimum Gasteiger partial charge on any atom is -0.344 e. The van der Waals surface area contributed by atoms with Crippen molar-refractivity contribution in [3.63, 3.8) is 0 Å². The number of benzene rings is 2. The normalized spacial score (nSPS) is 11.6. The number of carbonyl (C=O) groups excluding carboxylic acids is 2. The minimum absolute atomic E-state index is 0.00464. The van der Waals surface area contributed by atoms with Crippen LogP contribution in [0.3, 0.4) is 0 Å². The molecular weight excluding hydrogens is 402 g/mol. The summed E-state index contributed by atoms with van der Waals surface area (Å²) in [7, 11) is 1.55. The molecule has 0 aliphatic carbocycles. The van der Waals surface area contributed by atoms with E-state index >= 15 is 0 Å². The van der Waals surface area contributed by atoms with E-state index < -0.39 is 17.7 Å². The fraction of sp³-hybridized carbons (Fsp3) is 0.174. The molecule has 0 aliphatic heterocycles. The maximum absolute atomic E-state index is 13.8. The second-order valence-corrected chi connectivity index (χ2v) is 7.11. The van der Waals surface area contributed by atoms with Crippen LogP contribution in [0, 0.1) is 11.6 Å².